The zero-order valence-corrected chi connectivity index (χ0v) is 12.7. The molecule has 0 bridgehead atoms. The van der Waals surface area contributed by atoms with Crippen LogP contribution in [0.25, 0.3) is 0 Å². The molecular weight excluding hydrogens is 301 g/mol. The number of carbonyl (C=O) groups excluding carboxylic acids is 1. The number of carbonyl (C=O) groups is 1. The number of halogens is 2. The molecule has 2 heterocycles. The van der Waals surface area contributed by atoms with Gasteiger partial charge in [-0.3, -0.25) is 9.69 Å². The average molecular weight is 318 g/mol. The highest BCUT2D eigenvalue weighted by molar-refractivity contribution is 6.34. The summed E-state index contributed by atoms with van der Waals surface area (Å²) in [6.07, 6.45) is 1.65. The van der Waals surface area contributed by atoms with Crippen LogP contribution in [0, 0.1) is 0 Å². The van der Waals surface area contributed by atoms with Crippen LogP contribution < -0.4 is 5.32 Å². The Morgan fingerprint density at radius 3 is 3.10 bits per heavy atom. The smallest absolute Gasteiger partial charge is 0.324 e. The highest BCUT2D eigenvalue weighted by Crippen LogP contribution is 2.21. The fourth-order valence-electron chi connectivity index (χ4n) is 2.18. The molecule has 110 valence electrons. The van der Waals surface area contributed by atoms with E-state index in [0.717, 1.165) is 18.7 Å². The van der Waals surface area contributed by atoms with Gasteiger partial charge in [-0.25, -0.2) is 4.98 Å². The van der Waals surface area contributed by atoms with Gasteiger partial charge in [-0.2, -0.15) is 0 Å². The van der Waals surface area contributed by atoms with Crippen molar-refractivity contribution in [1.29, 1.82) is 0 Å². The van der Waals surface area contributed by atoms with E-state index in [9.17, 15) is 4.79 Å². The second-order valence-electron chi connectivity index (χ2n) is 4.54. The Morgan fingerprint density at radius 2 is 2.40 bits per heavy atom. The lowest BCUT2D eigenvalue weighted by atomic mass is 10.1. The molecule has 0 spiro atoms. The van der Waals surface area contributed by atoms with Crippen molar-refractivity contribution in [3.63, 3.8) is 0 Å². The fourth-order valence-corrected chi connectivity index (χ4v) is 2.60. The molecule has 5 nitrogen and oxygen atoms in total. The molecular formula is C13H17Cl2N3O2. The molecule has 7 heteroatoms. The minimum absolute atomic E-state index is 0.210. The monoisotopic (exact) mass is 317 g/mol. The Hall–Kier alpha value is -0.880. The van der Waals surface area contributed by atoms with Crippen molar-refractivity contribution in [2.24, 2.45) is 0 Å². The lowest BCUT2D eigenvalue weighted by Gasteiger charge is -2.34. The van der Waals surface area contributed by atoms with Gasteiger partial charge in [-0.05, 0) is 13.0 Å². The first-order valence-electron chi connectivity index (χ1n) is 6.53. The van der Waals surface area contributed by atoms with Crippen LogP contribution in [0.15, 0.2) is 12.3 Å². The van der Waals surface area contributed by atoms with Gasteiger partial charge in [0.1, 0.15) is 11.2 Å². The summed E-state index contributed by atoms with van der Waals surface area (Å²) in [6.45, 7) is 4.90. The first kappa shape index (κ1) is 15.5. The molecule has 1 aliphatic rings. The molecule has 2 rings (SSSR count). The number of hydrogen-bond donors (Lipinski definition) is 1. The molecule has 1 N–H and O–H groups in total. The lowest BCUT2D eigenvalue weighted by molar-refractivity contribution is -0.150. The van der Waals surface area contributed by atoms with Crippen LogP contribution in [0.4, 0.5) is 0 Å². The predicted octanol–water partition coefficient (Wildman–Crippen LogP) is 1.73. The first-order valence-corrected chi connectivity index (χ1v) is 7.28. The quantitative estimate of drug-likeness (QED) is 0.677. The van der Waals surface area contributed by atoms with Crippen LogP contribution in [0.1, 0.15) is 12.5 Å². The molecule has 1 aromatic heterocycles. The molecule has 0 saturated carbocycles. The van der Waals surface area contributed by atoms with E-state index in [4.69, 9.17) is 27.9 Å². The van der Waals surface area contributed by atoms with Crippen LogP contribution in [-0.2, 0) is 16.1 Å². The van der Waals surface area contributed by atoms with Gasteiger partial charge < -0.3 is 10.1 Å². The standard InChI is InChI=1S/C13H17Cl2N3O2/c1-2-20-13(19)11-7-16-3-4-18(11)8-9-6-17-12(15)5-10(9)14/h5-6,11,16H,2-4,7-8H2,1H3. The highest BCUT2D eigenvalue weighted by Gasteiger charge is 2.30. The molecule has 1 saturated heterocycles. The maximum absolute atomic E-state index is 12.0. The minimum Gasteiger partial charge on any atom is -0.465 e. The number of aromatic nitrogens is 1. The van der Waals surface area contributed by atoms with Crippen molar-refractivity contribution in [3.05, 3.63) is 28.0 Å². The topological polar surface area (TPSA) is 54.5 Å². The van der Waals surface area contributed by atoms with E-state index in [-0.39, 0.29) is 12.0 Å². The van der Waals surface area contributed by atoms with Gasteiger partial charge in [-0.1, -0.05) is 23.2 Å². The van der Waals surface area contributed by atoms with Crippen LogP contribution in [0.2, 0.25) is 10.2 Å². The number of piperazine rings is 1. The number of nitrogens with one attached hydrogen (secondary N) is 1. The lowest BCUT2D eigenvalue weighted by Crippen LogP contribution is -2.54. The molecule has 0 amide bonds. The number of ether oxygens (including phenoxy) is 1. The van der Waals surface area contributed by atoms with E-state index in [2.05, 4.69) is 10.3 Å². The Balaban J connectivity index is 2.10. The van der Waals surface area contributed by atoms with Crippen molar-refractivity contribution < 1.29 is 9.53 Å². The maximum Gasteiger partial charge on any atom is 0.324 e. The van der Waals surface area contributed by atoms with Gasteiger partial charge in [-0.15, -0.1) is 0 Å². The summed E-state index contributed by atoms with van der Waals surface area (Å²) in [5.41, 5.74) is 0.854. The van der Waals surface area contributed by atoms with Crippen molar-refractivity contribution in [2.75, 3.05) is 26.2 Å². The second kappa shape index (κ2) is 7.22. The van der Waals surface area contributed by atoms with E-state index in [1.807, 2.05) is 4.90 Å². The summed E-state index contributed by atoms with van der Waals surface area (Å²) >= 11 is 11.9. The van der Waals surface area contributed by atoms with Gasteiger partial charge in [0.15, 0.2) is 0 Å². The van der Waals surface area contributed by atoms with Crippen LogP contribution in [0.5, 0.6) is 0 Å². The Kier molecular flexibility index (Phi) is 5.60. The van der Waals surface area contributed by atoms with Crippen molar-refractivity contribution in [2.45, 2.75) is 19.5 Å². The van der Waals surface area contributed by atoms with Crippen LogP contribution in [0.3, 0.4) is 0 Å². The second-order valence-corrected chi connectivity index (χ2v) is 5.34. The van der Waals surface area contributed by atoms with Gasteiger partial charge in [0, 0.05) is 43.0 Å². The zero-order valence-electron chi connectivity index (χ0n) is 11.2. The molecule has 1 atom stereocenters. The largest absolute Gasteiger partial charge is 0.465 e. The third-order valence-electron chi connectivity index (χ3n) is 3.18. The first-order chi connectivity index (χ1) is 9.61. The summed E-state index contributed by atoms with van der Waals surface area (Å²) in [4.78, 5) is 18.0. The molecule has 0 aromatic carbocycles. The van der Waals surface area contributed by atoms with Crippen molar-refractivity contribution in [1.82, 2.24) is 15.2 Å². The van der Waals surface area contributed by atoms with E-state index < -0.39 is 0 Å². The molecule has 1 fully saturated rings. The summed E-state index contributed by atoms with van der Waals surface area (Å²) in [5, 5.41) is 4.12. The predicted molar refractivity (Wildman–Crippen MR) is 78.0 cm³/mol. The number of esters is 1. The SMILES string of the molecule is CCOC(=O)C1CNCCN1Cc1cnc(Cl)cc1Cl. The van der Waals surface area contributed by atoms with E-state index in [1.54, 1.807) is 19.2 Å². The van der Waals surface area contributed by atoms with E-state index in [1.165, 1.54) is 0 Å². The fraction of sp³-hybridized carbons (Fsp3) is 0.538. The summed E-state index contributed by atoms with van der Waals surface area (Å²) < 4.78 is 5.11. The van der Waals surface area contributed by atoms with E-state index >= 15 is 0 Å². The van der Waals surface area contributed by atoms with E-state index in [0.29, 0.717) is 29.9 Å². The number of rotatable bonds is 4. The molecule has 20 heavy (non-hydrogen) atoms. The highest BCUT2D eigenvalue weighted by atomic mass is 35.5. The maximum atomic E-state index is 12.0. The van der Waals surface area contributed by atoms with Gasteiger partial charge in [0.05, 0.1) is 6.61 Å². The zero-order chi connectivity index (χ0) is 14.5. The summed E-state index contributed by atoms with van der Waals surface area (Å²) in [7, 11) is 0. The molecule has 1 aliphatic heterocycles. The van der Waals surface area contributed by atoms with Gasteiger partial charge >= 0.3 is 5.97 Å². The minimum atomic E-state index is -0.296. The molecule has 1 unspecified atom stereocenters. The van der Waals surface area contributed by atoms with Gasteiger partial charge in [0.25, 0.3) is 0 Å². The van der Waals surface area contributed by atoms with Crippen LogP contribution >= 0.6 is 23.2 Å². The van der Waals surface area contributed by atoms with Crippen molar-refractivity contribution in [3.8, 4) is 0 Å². The Morgan fingerprint density at radius 1 is 1.60 bits per heavy atom. The van der Waals surface area contributed by atoms with Crippen LogP contribution in [-0.4, -0.2) is 48.1 Å². The van der Waals surface area contributed by atoms with Crippen molar-refractivity contribution >= 4 is 29.2 Å². The number of nitrogens with zero attached hydrogens (tertiary/aromatic N) is 2. The summed E-state index contributed by atoms with van der Waals surface area (Å²) in [5.74, 6) is -0.210. The number of hydrogen-bond acceptors (Lipinski definition) is 5. The van der Waals surface area contributed by atoms with Gasteiger partial charge in [0.2, 0.25) is 0 Å². The molecule has 1 aromatic rings. The molecule has 0 radical (unpaired) electrons. The normalized spacial score (nSPS) is 19.9. The third kappa shape index (κ3) is 3.82. The Bertz CT molecular complexity index is 485. The average Bonchev–Trinajstić information content (AvgIpc) is 2.43. The Labute approximate surface area is 128 Å². The summed E-state index contributed by atoms with van der Waals surface area (Å²) in [6, 6.07) is 1.32. The number of pyridine rings is 1. The molecule has 0 aliphatic carbocycles. The third-order valence-corrected chi connectivity index (χ3v) is 3.74.